The third kappa shape index (κ3) is 2.72. The molecule has 68 valence electrons. The van der Waals surface area contributed by atoms with Crippen molar-refractivity contribution in [3.05, 3.63) is 34.1 Å². The first-order valence-electron chi connectivity index (χ1n) is 3.65. The van der Waals surface area contributed by atoms with Crippen LogP contribution in [0.2, 0.25) is 5.02 Å². The van der Waals surface area contributed by atoms with Gasteiger partial charge in [-0.05, 0) is 24.6 Å². The van der Waals surface area contributed by atoms with Crippen molar-refractivity contribution in [1.82, 2.24) is 0 Å². The highest BCUT2D eigenvalue weighted by atomic mass is 79.9. The first kappa shape index (κ1) is 10.6. The molecule has 1 aromatic carbocycles. The van der Waals surface area contributed by atoms with Crippen molar-refractivity contribution in [2.24, 2.45) is 0 Å². The maximum atomic E-state index is 13.2. The molecule has 0 atom stereocenters. The summed E-state index contributed by atoms with van der Waals surface area (Å²) < 4.78 is 13.2. The molecule has 0 unspecified atom stereocenters. The Morgan fingerprint density at radius 3 is 2.85 bits per heavy atom. The molecule has 0 radical (unpaired) electrons. The fourth-order valence-corrected chi connectivity index (χ4v) is 1.17. The van der Waals surface area contributed by atoms with Crippen molar-refractivity contribution in [2.75, 3.05) is 5.33 Å². The standard InChI is InChI=1S/C10H7BrClF/c1-7-5-8(3-2-4-11)10(13)6-9(7)12/h5-6H,4H2,1H3. The van der Waals surface area contributed by atoms with Crippen LogP contribution in [-0.2, 0) is 0 Å². The second kappa shape index (κ2) is 4.64. The molecule has 0 spiro atoms. The first-order chi connectivity index (χ1) is 6.15. The van der Waals surface area contributed by atoms with Gasteiger partial charge in [0, 0.05) is 5.02 Å². The van der Waals surface area contributed by atoms with Crippen LogP contribution in [0.3, 0.4) is 0 Å². The number of aryl methyl sites for hydroxylation is 1. The molecular weight excluding hydrogens is 254 g/mol. The zero-order valence-corrected chi connectivity index (χ0v) is 9.34. The van der Waals surface area contributed by atoms with Crippen LogP contribution < -0.4 is 0 Å². The van der Waals surface area contributed by atoms with E-state index < -0.39 is 0 Å². The number of halogens is 3. The zero-order valence-electron chi connectivity index (χ0n) is 7.00. The lowest BCUT2D eigenvalue weighted by molar-refractivity contribution is 0.624. The van der Waals surface area contributed by atoms with Gasteiger partial charge in [0.25, 0.3) is 0 Å². The molecule has 13 heavy (non-hydrogen) atoms. The van der Waals surface area contributed by atoms with Gasteiger partial charge in [-0.2, -0.15) is 0 Å². The van der Waals surface area contributed by atoms with Crippen molar-refractivity contribution < 1.29 is 4.39 Å². The molecule has 0 amide bonds. The van der Waals surface area contributed by atoms with Crippen molar-refractivity contribution in [1.29, 1.82) is 0 Å². The topological polar surface area (TPSA) is 0 Å². The van der Waals surface area contributed by atoms with Crippen LogP contribution in [0.4, 0.5) is 4.39 Å². The van der Waals surface area contributed by atoms with Crippen molar-refractivity contribution in [2.45, 2.75) is 6.92 Å². The molecule has 0 aliphatic heterocycles. The fraction of sp³-hybridized carbons (Fsp3) is 0.200. The van der Waals surface area contributed by atoms with Crippen LogP contribution >= 0.6 is 27.5 Å². The monoisotopic (exact) mass is 260 g/mol. The summed E-state index contributed by atoms with van der Waals surface area (Å²) in [5.41, 5.74) is 1.23. The quantitative estimate of drug-likeness (QED) is 0.495. The molecule has 0 aromatic heterocycles. The Morgan fingerprint density at radius 1 is 1.54 bits per heavy atom. The molecule has 0 aliphatic carbocycles. The van der Waals surface area contributed by atoms with Crippen LogP contribution in [0, 0.1) is 24.6 Å². The lowest BCUT2D eigenvalue weighted by Gasteiger charge is -1.99. The van der Waals surface area contributed by atoms with Crippen LogP contribution in [-0.4, -0.2) is 5.33 Å². The van der Waals surface area contributed by atoms with E-state index in [2.05, 4.69) is 27.8 Å². The Hall–Kier alpha value is -0.520. The molecule has 0 nitrogen and oxygen atoms in total. The number of hydrogen-bond donors (Lipinski definition) is 0. The van der Waals surface area contributed by atoms with Gasteiger partial charge < -0.3 is 0 Å². The summed E-state index contributed by atoms with van der Waals surface area (Å²) in [6.07, 6.45) is 0. The predicted molar refractivity (Wildman–Crippen MR) is 56.8 cm³/mol. The number of alkyl halides is 1. The molecule has 0 saturated carbocycles. The van der Waals surface area contributed by atoms with E-state index in [1.807, 2.05) is 6.92 Å². The Kier molecular flexibility index (Phi) is 3.77. The maximum Gasteiger partial charge on any atom is 0.140 e. The average molecular weight is 262 g/mol. The second-order valence-corrected chi connectivity index (χ2v) is 3.48. The van der Waals surface area contributed by atoms with Crippen LogP contribution in [0.25, 0.3) is 0 Å². The highest BCUT2D eigenvalue weighted by molar-refractivity contribution is 9.09. The number of benzene rings is 1. The van der Waals surface area contributed by atoms with Gasteiger partial charge in [-0.3, -0.25) is 0 Å². The van der Waals surface area contributed by atoms with Gasteiger partial charge in [-0.1, -0.05) is 39.4 Å². The summed E-state index contributed by atoms with van der Waals surface area (Å²) in [7, 11) is 0. The third-order valence-electron chi connectivity index (χ3n) is 1.54. The molecule has 1 aromatic rings. The van der Waals surface area contributed by atoms with Gasteiger partial charge in [0.2, 0.25) is 0 Å². The van der Waals surface area contributed by atoms with Gasteiger partial charge in [0.15, 0.2) is 0 Å². The van der Waals surface area contributed by atoms with E-state index in [-0.39, 0.29) is 5.82 Å². The Bertz CT molecular complexity index is 376. The van der Waals surface area contributed by atoms with Crippen molar-refractivity contribution in [3.63, 3.8) is 0 Å². The predicted octanol–water partition coefficient (Wildman–Crippen LogP) is 3.53. The summed E-state index contributed by atoms with van der Waals surface area (Å²) >= 11 is 8.86. The zero-order chi connectivity index (χ0) is 9.84. The Labute approximate surface area is 90.2 Å². The summed E-state index contributed by atoms with van der Waals surface area (Å²) in [4.78, 5) is 0. The van der Waals surface area contributed by atoms with Gasteiger partial charge in [0.05, 0.1) is 10.9 Å². The summed E-state index contributed by atoms with van der Waals surface area (Å²) in [6, 6.07) is 2.93. The Morgan fingerprint density at radius 2 is 2.23 bits per heavy atom. The Balaban J connectivity index is 3.16. The van der Waals surface area contributed by atoms with E-state index >= 15 is 0 Å². The van der Waals surface area contributed by atoms with Gasteiger partial charge in [0.1, 0.15) is 5.82 Å². The normalized spacial score (nSPS) is 9.23. The second-order valence-electron chi connectivity index (χ2n) is 2.52. The van der Waals surface area contributed by atoms with E-state index in [0.29, 0.717) is 15.9 Å². The van der Waals surface area contributed by atoms with E-state index in [9.17, 15) is 4.39 Å². The highest BCUT2D eigenvalue weighted by Gasteiger charge is 2.02. The SMILES string of the molecule is Cc1cc(C#CCBr)c(F)cc1Cl. The van der Waals surface area contributed by atoms with Crippen LogP contribution in [0.1, 0.15) is 11.1 Å². The van der Waals surface area contributed by atoms with Gasteiger partial charge >= 0.3 is 0 Å². The van der Waals surface area contributed by atoms with E-state index in [1.54, 1.807) is 6.07 Å². The molecule has 0 heterocycles. The lowest BCUT2D eigenvalue weighted by Crippen LogP contribution is -1.86. The molecule has 0 bridgehead atoms. The lowest BCUT2D eigenvalue weighted by atomic mass is 10.1. The molecular formula is C10H7BrClF. The third-order valence-corrected chi connectivity index (χ3v) is 2.23. The van der Waals surface area contributed by atoms with E-state index in [1.165, 1.54) is 6.07 Å². The molecule has 3 heteroatoms. The van der Waals surface area contributed by atoms with E-state index in [0.717, 1.165) is 5.56 Å². The first-order valence-corrected chi connectivity index (χ1v) is 5.15. The maximum absolute atomic E-state index is 13.2. The molecule has 0 aliphatic rings. The molecule has 0 N–H and O–H groups in total. The van der Waals surface area contributed by atoms with Crippen molar-refractivity contribution in [3.8, 4) is 11.8 Å². The molecule has 1 rings (SSSR count). The van der Waals surface area contributed by atoms with Crippen LogP contribution in [0.15, 0.2) is 12.1 Å². The summed E-state index contributed by atoms with van der Waals surface area (Å²) in [6.45, 7) is 1.82. The average Bonchev–Trinajstić information content (AvgIpc) is 2.09. The van der Waals surface area contributed by atoms with Crippen LogP contribution in [0.5, 0.6) is 0 Å². The molecule has 0 fully saturated rings. The smallest absolute Gasteiger partial charge is 0.140 e. The van der Waals surface area contributed by atoms with Gasteiger partial charge in [-0.15, -0.1) is 0 Å². The minimum absolute atomic E-state index is 0.371. The van der Waals surface area contributed by atoms with E-state index in [4.69, 9.17) is 11.6 Å². The minimum Gasteiger partial charge on any atom is -0.206 e. The fourth-order valence-electron chi connectivity index (χ4n) is 0.882. The summed E-state index contributed by atoms with van der Waals surface area (Å²) in [5.74, 6) is 5.06. The highest BCUT2D eigenvalue weighted by Crippen LogP contribution is 2.19. The molecule has 0 saturated heterocycles. The van der Waals surface area contributed by atoms with Gasteiger partial charge in [-0.25, -0.2) is 4.39 Å². The minimum atomic E-state index is -0.371. The largest absolute Gasteiger partial charge is 0.206 e. The summed E-state index contributed by atoms with van der Waals surface area (Å²) in [5, 5.41) is 0.968. The number of rotatable bonds is 0. The number of hydrogen-bond acceptors (Lipinski definition) is 0. The van der Waals surface area contributed by atoms with Crippen molar-refractivity contribution >= 4 is 27.5 Å².